The normalized spacial score (nSPS) is 11.0. The summed E-state index contributed by atoms with van der Waals surface area (Å²) in [5.41, 5.74) is 3.59. The molecule has 0 atom stereocenters. The van der Waals surface area contributed by atoms with E-state index in [-0.39, 0.29) is 5.56 Å². The second kappa shape index (κ2) is 8.91. The molecule has 4 nitrogen and oxygen atoms in total. The Labute approximate surface area is 173 Å². The van der Waals surface area contributed by atoms with Crippen LogP contribution in [0.25, 0.3) is 0 Å². The van der Waals surface area contributed by atoms with E-state index in [0.29, 0.717) is 22.4 Å². The first-order valence-electron chi connectivity index (χ1n) is 8.47. The predicted molar refractivity (Wildman–Crippen MR) is 113 cm³/mol. The Balaban J connectivity index is 1.79. The van der Waals surface area contributed by atoms with Crippen molar-refractivity contribution in [2.24, 2.45) is 4.99 Å². The Kier molecular flexibility index (Phi) is 6.34. The van der Waals surface area contributed by atoms with Crippen LogP contribution in [0, 0.1) is 6.92 Å². The molecule has 28 heavy (non-hydrogen) atoms. The molecule has 142 valence electrons. The number of aryl methyl sites for hydroxylation is 1. The Hall–Kier alpha value is -2.82. The third kappa shape index (κ3) is 5.12. The number of aliphatic imine (C=N–C) groups is 1. The van der Waals surface area contributed by atoms with Crippen molar-refractivity contribution in [3.8, 4) is 5.75 Å². The lowest BCUT2D eigenvalue weighted by Crippen LogP contribution is -2.00. The maximum absolute atomic E-state index is 10.9. The fourth-order valence-corrected chi connectivity index (χ4v) is 2.86. The van der Waals surface area contributed by atoms with Crippen molar-refractivity contribution >= 4 is 41.1 Å². The third-order valence-electron chi connectivity index (χ3n) is 4.08. The Morgan fingerprint density at radius 2 is 1.71 bits per heavy atom. The van der Waals surface area contributed by atoms with Crippen molar-refractivity contribution in [2.45, 2.75) is 13.5 Å². The van der Waals surface area contributed by atoms with E-state index in [9.17, 15) is 4.79 Å². The number of ether oxygens (including phenoxy) is 1. The molecule has 0 unspecified atom stereocenters. The van der Waals surface area contributed by atoms with E-state index in [1.54, 1.807) is 54.7 Å². The van der Waals surface area contributed by atoms with E-state index in [4.69, 9.17) is 33.0 Å². The first kappa shape index (κ1) is 19.9. The van der Waals surface area contributed by atoms with Gasteiger partial charge in [-0.2, -0.15) is 0 Å². The minimum Gasteiger partial charge on any atom is -0.488 e. The second-order valence-electron chi connectivity index (χ2n) is 6.16. The van der Waals surface area contributed by atoms with Gasteiger partial charge in [-0.3, -0.25) is 4.99 Å². The Bertz CT molecular complexity index is 1030. The van der Waals surface area contributed by atoms with Crippen molar-refractivity contribution in [1.82, 2.24) is 0 Å². The third-order valence-corrected chi connectivity index (χ3v) is 4.55. The highest BCUT2D eigenvalue weighted by molar-refractivity contribution is 6.31. The van der Waals surface area contributed by atoms with Crippen LogP contribution in [0.2, 0.25) is 10.0 Å². The van der Waals surface area contributed by atoms with Crippen molar-refractivity contribution in [3.63, 3.8) is 0 Å². The molecule has 1 N–H and O–H groups in total. The van der Waals surface area contributed by atoms with E-state index in [0.717, 1.165) is 22.4 Å². The van der Waals surface area contributed by atoms with Crippen LogP contribution in [-0.2, 0) is 6.61 Å². The summed E-state index contributed by atoms with van der Waals surface area (Å²) in [6, 6.07) is 17.4. The Morgan fingerprint density at radius 3 is 2.43 bits per heavy atom. The summed E-state index contributed by atoms with van der Waals surface area (Å²) in [6.07, 6.45) is 1.69. The first-order chi connectivity index (χ1) is 13.4. The van der Waals surface area contributed by atoms with Gasteiger partial charge in [0, 0.05) is 21.8 Å². The predicted octanol–water partition coefficient (Wildman–Crippen LogP) is 6.33. The topological polar surface area (TPSA) is 58.9 Å². The maximum Gasteiger partial charge on any atom is 0.335 e. The van der Waals surface area contributed by atoms with Gasteiger partial charge in [-0.15, -0.1) is 0 Å². The zero-order chi connectivity index (χ0) is 20.1. The molecule has 0 aliphatic carbocycles. The molecular weight excluding hydrogens is 397 g/mol. The smallest absolute Gasteiger partial charge is 0.335 e. The van der Waals surface area contributed by atoms with E-state index < -0.39 is 5.97 Å². The van der Waals surface area contributed by atoms with Gasteiger partial charge in [0.25, 0.3) is 0 Å². The van der Waals surface area contributed by atoms with Gasteiger partial charge in [0.1, 0.15) is 12.4 Å². The molecule has 0 aromatic heterocycles. The first-order valence-corrected chi connectivity index (χ1v) is 9.23. The molecule has 6 heteroatoms. The molecule has 0 saturated heterocycles. The van der Waals surface area contributed by atoms with Gasteiger partial charge >= 0.3 is 5.97 Å². The number of carbonyl (C=O) groups is 1. The highest BCUT2D eigenvalue weighted by Gasteiger charge is 2.06. The molecule has 3 rings (SSSR count). The van der Waals surface area contributed by atoms with Crippen molar-refractivity contribution < 1.29 is 14.6 Å². The number of halogens is 2. The lowest BCUT2D eigenvalue weighted by Gasteiger charge is -2.10. The van der Waals surface area contributed by atoms with Gasteiger partial charge in [-0.05, 0) is 60.5 Å². The van der Waals surface area contributed by atoms with Gasteiger partial charge in [-0.1, -0.05) is 41.4 Å². The fourth-order valence-electron chi connectivity index (χ4n) is 2.52. The van der Waals surface area contributed by atoms with Gasteiger partial charge in [0.05, 0.1) is 11.3 Å². The van der Waals surface area contributed by atoms with Gasteiger partial charge < -0.3 is 9.84 Å². The minimum atomic E-state index is -0.958. The zero-order valence-electron chi connectivity index (χ0n) is 15.0. The number of carboxylic acids is 1. The van der Waals surface area contributed by atoms with Gasteiger partial charge in [0.15, 0.2) is 0 Å². The summed E-state index contributed by atoms with van der Waals surface area (Å²) in [5, 5.41) is 10.2. The summed E-state index contributed by atoms with van der Waals surface area (Å²) in [5.74, 6) is -0.338. The molecule has 0 aliphatic rings. The largest absolute Gasteiger partial charge is 0.488 e. The lowest BCUT2D eigenvalue weighted by molar-refractivity contribution is 0.0697. The van der Waals surface area contributed by atoms with Crippen LogP contribution < -0.4 is 4.74 Å². The standard InChI is InChI=1S/C22H17Cl2NO3/c1-14-2-7-19(24)11-20(14)25-12-17-10-18(23)8-9-21(17)28-13-15-3-5-16(6-4-15)22(26)27/h2-12H,13H2,1H3,(H,26,27). The number of hydrogen-bond acceptors (Lipinski definition) is 3. The molecule has 0 fully saturated rings. The van der Waals surface area contributed by atoms with E-state index >= 15 is 0 Å². The molecule has 0 radical (unpaired) electrons. The summed E-state index contributed by atoms with van der Waals surface area (Å²) in [7, 11) is 0. The average molecular weight is 414 g/mol. The summed E-state index contributed by atoms with van der Waals surface area (Å²) in [6.45, 7) is 2.25. The monoisotopic (exact) mass is 413 g/mol. The number of benzene rings is 3. The lowest BCUT2D eigenvalue weighted by atomic mass is 10.1. The van der Waals surface area contributed by atoms with Crippen LogP contribution in [0.15, 0.2) is 65.7 Å². The second-order valence-corrected chi connectivity index (χ2v) is 7.03. The van der Waals surface area contributed by atoms with Crippen molar-refractivity contribution in [2.75, 3.05) is 0 Å². The molecule has 0 bridgehead atoms. The minimum absolute atomic E-state index is 0.236. The van der Waals surface area contributed by atoms with Crippen LogP contribution >= 0.6 is 23.2 Å². The summed E-state index contributed by atoms with van der Waals surface area (Å²) >= 11 is 12.2. The number of hydrogen-bond donors (Lipinski definition) is 1. The van der Waals surface area contributed by atoms with E-state index in [2.05, 4.69) is 4.99 Å². The number of aromatic carboxylic acids is 1. The van der Waals surface area contributed by atoms with Gasteiger partial charge in [-0.25, -0.2) is 4.79 Å². The van der Waals surface area contributed by atoms with E-state index in [1.807, 2.05) is 19.1 Å². The molecule has 0 amide bonds. The number of rotatable bonds is 6. The van der Waals surface area contributed by atoms with Crippen LogP contribution in [0.3, 0.4) is 0 Å². The highest BCUT2D eigenvalue weighted by atomic mass is 35.5. The molecular formula is C22H17Cl2NO3. The fraction of sp³-hybridized carbons (Fsp3) is 0.0909. The van der Waals surface area contributed by atoms with Crippen molar-refractivity contribution in [3.05, 3.63) is 93.0 Å². The molecule has 0 heterocycles. The van der Waals surface area contributed by atoms with Crippen LogP contribution in [0.5, 0.6) is 5.75 Å². The van der Waals surface area contributed by atoms with Crippen LogP contribution in [0.4, 0.5) is 5.69 Å². The molecule has 0 spiro atoms. The van der Waals surface area contributed by atoms with Crippen molar-refractivity contribution in [1.29, 1.82) is 0 Å². The molecule has 0 saturated carbocycles. The quantitative estimate of drug-likeness (QED) is 0.480. The summed E-state index contributed by atoms with van der Waals surface area (Å²) < 4.78 is 5.90. The molecule has 3 aromatic carbocycles. The Morgan fingerprint density at radius 1 is 1.04 bits per heavy atom. The van der Waals surface area contributed by atoms with Crippen LogP contribution in [-0.4, -0.2) is 17.3 Å². The molecule has 0 aliphatic heterocycles. The number of carboxylic acid groups (broad SMARTS) is 1. The maximum atomic E-state index is 10.9. The highest BCUT2D eigenvalue weighted by Crippen LogP contribution is 2.26. The van der Waals surface area contributed by atoms with Gasteiger partial charge in [0.2, 0.25) is 0 Å². The molecule has 3 aromatic rings. The average Bonchev–Trinajstić information content (AvgIpc) is 2.68. The summed E-state index contributed by atoms with van der Waals surface area (Å²) in [4.78, 5) is 15.4. The van der Waals surface area contributed by atoms with E-state index in [1.165, 1.54) is 0 Å². The SMILES string of the molecule is Cc1ccc(Cl)cc1N=Cc1cc(Cl)ccc1OCc1ccc(C(=O)O)cc1. The number of nitrogens with zero attached hydrogens (tertiary/aromatic N) is 1. The zero-order valence-corrected chi connectivity index (χ0v) is 16.5. The van der Waals surface area contributed by atoms with Crippen LogP contribution in [0.1, 0.15) is 27.0 Å².